The van der Waals surface area contributed by atoms with E-state index < -0.39 is 0 Å². The van der Waals surface area contributed by atoms with Crippen molar-refractivity contribution in [2.45, 2.75) is 11.4 Å². The third kappa shape index (κ3) is 3.62. The Balaban J connectivity index is 1.62. The quantitative estimate of drug-likeness (QED) is 0.417. The molecule has 0 unspecified atom stereocenters. The Morgan fingerprint density at radius 2 is 1.77 bits per heavy atom. The molecule has 26 heavy (non-hydrogen) atoms. The maximum atomic E-state index is 5.60. The molecule has 0 radical (unpaired) electrons. The van der Waals surface area contributed by atoms with E-state index in [9.17, 15) is 0 Å². The molecule has 4 aromatic rings. The number of furan rings is 1. The zero-order chi connectivity index (χ0) is 17.8. The lowest BCUT2D eigenvalue weighted by Gasteiger charge is -2.12. The monoisotopic (exact) mass is 360 g/mol. The molecule has 1 aromatic heterocycles. The molecule has 1 heterocycles. The lowest BCUT2D eigenvalue weighted by molar-refractivity contribution is 0.582. The minimum atomic E-state index is 0.827. The van der Waals surface area contributed by atoms with Gasteiger partial charge in [0.2, 0.25) is 0 Å². The second kappa shape index (κ2) is 7.68. The summed E-state index contributed by atoms with van der Waals surface area (Å²) in [5.41, 5.74) is 3.33. The molecule has 0 amide bonds. The summed E-state index contributed by atoms with van der Waals surface area (Å²) in [6.45, 7) is 0.827. The van der Waals surface area contributed by atoms with Crippen LogP contribution in [0.3, 0.4) is 0 Å². The van der Waals surface area contributed by atoms with Gasteiger partial charge in [0.15, 0.2) is 0 Å². The van der Waals surface area contributed by atoms with Gasteiger partial charge in [-0.3, -0.25) is 0 Å². The van der Waals surface area contributed by atoms with Gasteiger partial charge in [0, 0.05) is 17.0 Å². The van der Waals surface area contributed by atoms with E-state index >= 15 is 0 Å². The predicted molar refractivity (Wildman–Crippen MR) is 110 cm³/mol. The minimum absolute atomic E-state index is 0.827. The molecule has 4 rings (SSSR count). The van der Waals surface area contributed by atoms with Crippen molar-refractivity contribution >= 4 is 28.4 Å². The van der Waals surface area contributed by atoms with E-state index in [0.717, 1.165) is 23.6 Å². The van der Waals surface area contributed by atoms with Crippen LogP contribution < -0.4 is 10.0 Å². The van der Waals surface area contributed by atoms with Crippen molar-refractivity contribution in [2.75, 3.05) is 11.8 Å². The molecule has 130 valence electrons. The average Bonchev–Trinajstić information content (AvgIpc) is 3.21. The van der Waals surface area contributed by atoms with Gasteiger partial charge in [0.1, 0.15) is 5.76 Å². The van der Waals surface area contributed by atoms with Crippen molar-refractivity contribution in [3.8, 4) is 11.3 Å². The summed E-state index contributed by atoms with van der Waals surface area (Å²) < 4.78 is 9.12. The molecule has 0 fully saturated rings. The highest BCUT2D eigenvalue weighted by Gasteiger charge is 2.09. The molecular weight excluding hydrogens is 340 g/mol. The topological polar surface area (TPSA) is 37.2 Å². The van der Waals surface area contributed by atoms with E-state index in [1.54, 1.807) is 18.2 Å². The highest BCUT2D eigenvalue weighted by atomic mass is 32.2. The van der Waals surface area contributed by atoms with Crippen molar-refractivity contribution in [1.29, 1.82) is 0 Å². The molecule has 3 nitrogen and oxygen atoms in total. The molecule has 0 saturated heterocycles. The number of anilines is 1. The normalized spacial score (nSPS) is 11.0. The maximum absolute atomic E-state index is 5.60. The van der Waals surface area contributed by atoms with Crippen molar-refractivity contribution < 1.29 is 4.42 Å². The van der Waals surface area contributed by atoms with E-state index in [-0.39, 0.29) is 0 Å². The third-order valence-electron chi connectivity index (χ3n) is 4.25. The lowest BCUT2D eigenvalue weighted by atomic mass is 10.1. The Morgan fingerprint density at radius 3 is 2.58 bits per heavy atom. The van der Waals surface area contributed by atoms with Gasteiger partial charge in [-0.25, -0.2) is 0 Å². The summed E-state index contributed by atoms with van der Waals surface area (Å²) in [5.74, 6) is 0.864. The first-order valence-electron chi connectivity index (χ1n) is 8.56. The van der Waals surface area contributed by atoms with Crippen LogP contribution in [0.2, 0.25) is 0 Å². The van der Waals surface area contributed by atoms with Crippen LogP contribution >= 0.6 is 11.9 Å². The first-order valence-corrected chi connectivity index (χ1v) is 9.38. The zero-order valence-electron chi connectivity index (χ0n) is 14.5. The van der Waals surface area contributed by atoms with Crippen LogP contribution in [0.1, 0.15) is 5.56 Å². The number of nitrogens with one attached hydrogen (secondary N) is 2. The molecule has 3 aromatic carbocycles. The fraction of sp³-hybridized carbons (Fsp3) is 0.0909. The van der Waals surface area contributed by atoms with E-state index in [0.29, 0.717) is 0 Å². The van der Waals surface area contributed by atoms with Crippen molar-refractivity contribution in [3.63, 3.8) is 0 Å². The number of hydrogen-bond acceptors (Lipinski definition) is 4. The van der Waals surface area contributed by atoms with Gasteiger partial charge in [0.05, 0.1) is 12.0 Å². The molecule has 0 aliphatic carbocycles. The fourth-order valence-electron chi connectivity index (χ4n) is 2.98. The van der Waals surface area contributed by atoms with Crippen LogP contribution in [0.5, 0.6) is 0 Å². The van der Waals surface area contributed by atoms with E-state index in [1.807, 2.05) is 19.2 Å². The van der Waals surface area contributed by atoms with Crippen LogP contribution in [0.25, 0.3) is 22.1 Å². The Labute approximate surface area is 157 Å². The summed E-state index contributed by atoms with van der Waals surface area (Å²) in [6.07, 6.45) is 1.71. The number of rotatable bonds is 6. The average molecular weight is 360 g/mol. The summed E-state index contributed by atoms with van der Waals surface area (Å²) in [7, 11) is 1.96. The van der Waals surface area contributed by atoms with E-state index in [2.05, 4.69) is 70.7 Å². The fourth-order valence-corrected chi connectivity index (χ4v) is 3.70. The van der Waals surface area contributed by atoms with Crippen molar-refractivity contribution in [2.24, 2.45) is 0 Å². The standard InChI is InChI=1S/C22H20N2OS/c1-23-15-16-8-11-20(22-7-4-12-25-22)21(13-16)24-26-19-10-9-17-5-2-3-6-18(17)14-19/h2-14,23-24H,15H2,1H3. The second-order valence-corrected chi connectivity index (χ2v) is 6.98. The van der Waals surface area contributed by atoms with Gasteiger partial charge >= 0.3 is 0 Å². The summed E-state index contributed by atoms with van der Waals surface area (Å²) in [4.78, 5) is 1.17. The summed E-state index contributed by atoms with van der Waals surface area (Å²) >= 11 is 1.61. The molecule has 0 atom stereocenters. The lowest BCUT2D eigenvalue weighted by Crippen LogP contribution is -2.05. The van der Waals surface area contributed by atoms with Crippen molar-refractivity contribution in [3.05, 3.63) is 84.6 Å². The molecule has 0 aliphatic rings. The highest BCUT2D eigenvalue weighted by molar-refractivity contribution is 8.00. The Bertz CT molecular complexity index is 1010. The number of hydrogen-bond donors (Lipinski definition) is 2. The molecular formula is C22H20N2OS. The Hall–Kier alpha value is -2.69. The van der Waals surface area contributed by atoms with Gasteiger partial charge in [0.25, 0.3) is 0 Å². The number of benzene rings is 3. The third-order valence-corrected chi connectivity index (χ3v) is 5.06. The van der Waals surface area contributed by atoms with Crippen LogP contribution in [0.15, 0.2) is 88.4 Å². The van der Waals surface area contributed by atoms with Gasteiger partial charge in [-0.05, 0) is 71.7 Å². The van der Waals surface area contributed by atoms with Gasteiger partial charge in [-0.2, -0.15) is 0 Å². The molecule has 0 aliphatic heterocycles. The Kier molecular flexibility index (Phi) is 4.95. The van der Waals surface area contributed by atoms with Gasteiger partial charge < -0.3 is 14.5 Å². The molecule has 0 saturated carbocycles. The van der Waals surface area contributed by atoms with Crippen LogP contribution in [0, 0.1) is 0 Å². The first-order chi connectivity index (χ1) is 12.8. The van der Waals surface area contributed by atoms with E-state index in [4.69, 9.17) is 4.42 Å². The van der Waals surface area contributed by atoms with Crippen molar-refractivity contribution in [1.82, 2.24) is 5.32 Å². The molecule has 2 N–H and O–H groups in total. The smallest absolute Gasteiger partial charge is 0.135 e. The first kappa shape index (κ1) is 16.8. The van der Waals surface area contributed by atoms with Gasteiger partial charge in [-0.1, -0.05) is 36.4 Å². The maximum Gasteiger partial charge on any atom is 0.135 e. The largest absolute Gasteiger partial charge is 0.464 e. The molecule has 4 heteroatoms. The number of fused-ring (bicyclic) bond motifs is 1. The van der Waals surface area contributed by atoms with Gasteiger partial charge in [-0.15, -0.1) is 0 Å². The van der Waals surface area contributed by atoms with Crippen LogP contribution in [0.4, 0.5) is 5.69 Å². The highest BCUT2D eigenvalue weighted by Crippen LogP contribution is 2.33. The second-order valence-electron chi connectivity index (χ2n) is 6.10. The van der Waals surface area contributed by atoms with Crippen LogP contribution in [-0.4, -0.2) is 7.05 Å². The molecule has 0 bridgehead atoms. The van der Waals surface area contributed by atoms with E-state index in [1.165, 1.54) is 21.2 Å². The SMILES string of the molecule is CNCc1ccc(-c2ccco2)c(NSc2ccc3ccccc3c2)c1. The summed E-state index contributed by atoms with van der Waals surface area (Å²) in [5, 5.41) is 5.70. The van der Waals surface area contributed by atoms with Crippen LogP contribution in [-0.2, 0) is 6.54 Å². The summed E-state index contributed by atoms with van der Waals surface area (Å²) in [6, 6.07) is 25.2. The zero-order valence-corrected chi connectivity index (χ0v) is 15.3. The minimum Gasteiger partial charge on any atom is -0.464 e. The predicted octanol–water partition coefficient (Wildman–Crippen LogP) is 5.94. The Morgan fingerprint density at radius 1 is 0.885 bits per heavy atom. The molecule has 0 spiro atoms.